The molecule has 2 aliphatic carbocycles. The van der Waals surface area contributed by atoms with E-state index in [0.717, 1.165) is 126 Å². The number of carbonyl (C=O) groups is 4. The number of aliphatic hydroxyl groups is 1. The van der Waals surface area contributed by atoms with Gasteiger partial charge in [-0.1, -0.05) is 25.8 Å². The lowest BCUT2D eigenvalue weighted by molar-refractivity contribution is -0.139. The molecule has 1 aromatic heterocycles. The number of fused-ring (bicyclic) bond motifs is 1. The number of nitrogens with zero attached hydrogens (tertiary/aromatic N) is 6. The first-order valence-corrected chi connectivity index (χ1v) is 25.8. The Bertz CT molecular complexity index is 2370. The predicted octanol–water partition coefficient (Wildman–Crippen LogP) is 6.66. The highest BCUT2D eigenvalue weighted by Gasteiger charge is 2.46. The van der Waals surface area contributed by atoms with Crippen molar-refractivity contribution in [1.82, 2.24) is 25.5 Å². The molecule has 1 spiro atoms. The van der Waals surface area contributed by atoms with Crippen LogP contribution in [0.2, 0.25) is 0 Å². The quantitative estimate of drug-likeness (QED) is 0.142. The van der Waals surface area contributed by atoms with Gasteiger partial charge in [-0.3, -0.25) is 19.2 Å². The molecule has 4 aliphatic heterocycles. The van der Waals surface area contributed by atoms with E-state index in [9.17, 15) is 24.3 Å². The number of ether oxygens (including phenoxy) is 3. The summed E-state index contributed by atoms with van der Waals surface area (Å²) in [7, 11) is 5.04. The zero-order chi connectivity index (χ0) is 49.0. The van der Waals surface area contributed by atoms with E-state index in [-0.39, 0.29) is 66.3 Å². The average Bonchev–Trinajstić information content (AvgIpc) is 3.92. The Morgan fingerprint density at radius 3 is 2.36 bits per heavy atom. The van der Waals surface area contributed by atoms with Crippen molar-refractivity contribution >= 4 is 52.5 Å². The van der Waals surface area contributed by atoms with Crippen LogP contribution in [0.15, 0.2) is 42.6 Å². The van der Waals surface area contributed by atoms with Gasteiger partial charge in [0, 0.05) is 87.0 Å². The van der Waals surface area contributed by atoms with E-state index < -0.39 is 5.54 Å². The molecule has 70 heavy (non-hydrogen) atoms. The monoisotopic (exact) mass is 964 g/mol. The first-order chi connectivity index (χ1) is 34.0. The molecule has 378 valence electrons. The molecule has 3 aromatic rings. The summed E-state index contributed by atoms with van der Waals surface area (Å²) in [5.41, 5.74) is 3.45. The fourth-order valence-electron chi connectivity index (χ4n) is 12.4. The molecule has 17 heteroatoms. The molecular weight excluding hydrogens is 891 g/mol. The highest BCUT2D eigenvalue weighted by Crippen LogP contribution is 2.49. The first kappa shape index (κ1) is 49.3. The van der Waals surface area contributed by atoms with Gasteiger partial charge in [0.05, 0.1) is 32.7 Å². The molecule has 9 rings (SSSR count). The number of benzene rings is 2. The number of hydrogen-bond acceptors (Lipinski definition) is 13. The van der Waals surface area contributed by atoms with Gasteiger partial charge in [0.25, 0.3) is 5.91 Å². The molecule has 6 aliphatic rings. The number of likely N-dealkylation sites (N-methyl/N-ethyl adjacent to an activating group) is 1. The van der Waals surface area contributed by atoms with Crippen molar-refractivity contribution in [2.24, 2.45) is 11.3 Å². The lowest BCUT2D eigenvalue weighted by atomic mass is 9.62. The largest absolute Gasteiger partial charge is 0.496 e. The summed E-state index contributed by atoms with van der Waals surface area (Å²) in [4.78, 5) is 71.3. The molecule has 2 aromatic carbocycles. The summed E-state index contributed by atoms with van der Waals surface area (Å²) >= 11 is 0. The number of rotatable bonds is 13. The van der Waals surface area contributed by atoms with Crippen LogP contribution in [0.25, 0.3) is 0 Å². The van der Waals surface area contributed by atoms with Gasteiger partial charge >= 0.3 is 0 Å². The molecule has 5 heterocycles. The van der Waals surface area contributed by atoms with Crippen LogP contribution in [0.1, 0.15) is 131 Å². The summed E-state index contributed by atoms with van der Waals surface area (Å²) in [6.07, 6.45) is 15.2. The first-order valence-electron chi connectivity index (χ1n) is 25.8. The minimum Gasteiger partial charge on any atom is -0.496 e. The molecule has 4 N–H and O–H groups in total. The van der Waals surface area contributed by atoms with Crippen molar-refractivity contribution in [3.8, 4) is 11.5 Å². The van der Waals surface area contributed by atoms with Gasteiger partial charge in [-0.2, -0.15) is 4.98 Å². The van der Waals surface area contributed by atoms with Gasteiger partial charge in [-0.05, 0) is 119 Å². The molecule has 2 atom stereocenters. The van der Waals surface area contributed by atoms with Crippen LogP contribution in [0.3, 0.4) is 0 Å². The molecule has 4 amide bonds. The summed E-state index contributed by atoms with van der Waals surface area (Å²) in [6.45, 7) is 5.84. The second-order valence-corrected chi connectivity index (χ2v) is 20.7. The van der Waals surface area contributed by atoms with Gasteiger partial charge in [-0.15, -0.1) is 0 Å². The third kappa shape index (κ3) is 10.2. The number of carbonyl (C=O) groups excluding carboxylic acids is 4. The standard InChI is InChI=1S/C53H73N9O8/c1-5-42-50(67)59(2)43-32-54-51(57-47(43)62(42)38-8-6-7-9-38)56-41-14-10-36(30-45(41)69-4)48(65)58-53(24-29-63)20-18-52(19-21-53)22-27-61(28-23-52)49(66)35-16-25-60(26-17-35)39-12-13-40(44(31-39)68-3)37-11-15-46(64)55-34-70-33-37/h10,12-14,30-32,35,37-38,42,63H,5-9,11,15-29,33-34H2,1-4H3,(H,55,64)(H,58,65)(H,54,56,57)/t37?,42-/m1/s1. The van der Waals surface area contributed by atoms with Crippen molar-refractivity contribution in [1.29, 1.82) is 0 Å². The second-order valence-electron chi connectivity index (χ2n) is 20.7. The van der Waals surface area contributed by atoms with Crippen molar-refractivity contribution in [2.45, 2.75) is 133 Å². The number of piperidine rings is 2. The molecule has 1 unspecified atom stereocenters. The van der Waals surface area contributed by atoms with E-state index in [2.05, 4.69) is 53.8 Å². The van der Waals surface area contributed by atoms with Crippen molar-refractivity contribution in [3.05, 3.63) is 53.7 Å². The minimum atomic E-state index is -0.541. The minimum absolute atomic E-state index is 0.000102. The van der Waals surface area contributed by atoms with Crippen molar-refractivity contribution in [2.75, 3.05) is 87.4 Å². The predicted molar refractivity (Wildman–Crippen MR) is 268 cm³/mol. The van der Waals surface area contributed by atoms with E-state index in [1.165, 1.54) is 0 Å². The van der Waals surface area contributed by atoms with E-state index >= 15 is 0 Å². The van der Waals surface area contributed by atoms with E-state index in [0.29, 0.717) is 60.9 Å². The van der Waals surface area contributed by atoms with Crippen molar-refractivity contribution < 1.29 is 38.5 Å². The number of amides is 4. The molecule has 3 saturated heterocycles. The Kier molecular flexibility index (Phi) is 15.0. The Hall–Kier alpha value is -5.68. The van der Waals surface area contributed by atoms with Crippen LogP contribution in [-0.2, 0) is 19.1 Å². The van der Waals surface area contributed by atoms with Crippen LogP contribution in [-0.4, -0.2) is 129 Å². The number of nitrogens with one attached hydrogen (secondary N) is 3. The van der Waals surface area contributed by atoms with E-state index in [1.54, 1.807) is 50.6 Å². The van der Waals surface area contributed by atoms with Gasteiger partial charge in [-0.25, -0.2) is 4.98 Å². The molecule has 0 radical (unpaired) electrons. The SMILES string of the molecule is CC[C@@H]1C(=O)N(C)c2cnc(Nc3ccc(C(=O)NC4(CCO)CCC5(CCN(C(=O)C6CCN(c7ccc(C8CCC(=O)NCOC8)c(OC)c7)CC6)CC5)CC4)cc3OC)nc2N1C1CCCC1. The number of aromatic nitrogens is 2. The topological polar surface area (TPSA) is 191 Å². The number of aliphatic hydroxyl groups excluding tert-OH is 1. The summed E-state index contributed by atoms with van der Waals surface area (Å²) in [6, 6.07) is 11.6. The molecule has 17 nitrogen and oxygen atoms in total. The lowest BCUT2D eigenvalue weighted by Crippen LogP contribution is -2.55. The Balaban J connectivity index is 0.776. The van der Waals surface area contributed by atoms with Crippen LogP contribution in [0.4, 0.5) is 28.8 Å². The van der Waals surface area contributed by atoms with Gasteiger partial charge in [0.2, 0.25) is 23.7 Å². The van der Waals surface area contributed by atoms with Gasteiger partial charge in [0.15, 0.2) is 5.82 Å². The third-order valence-electron chi connectivity index (χ3n) is 16.8. The van der Waals surface area contributed by atoms with Crippen molar-refractivity contribution in [3.63, 3.8) is 0 Å². The zero-order valence-electron chi connectivity index (χ0n) is 41.6. The number of likely N-dealkylation sites (tertiary alicyclic amines) is 1. The smallest absolute Gasteiger partial charge is 0.251 e. The van der Waals surface area contributed by atoms with Crippen LogP contribution in [0, 0.1) is 11.3 Å². The van der Waals surface area contributed by atoms with Crippen LogP contribution >= 0.6 is 0 Å². The normalized spacial score (nSPS) is 23.0. The maximum atomic E-state index is 14.0. The molecule has 0 bridgehead atoms. The highest BCUT2D eigenvalue weighted by molar-refractivity contribution is 6.04. The Labute approximate surface area is 412 Å². The molecular formula is C53H73N9O8. The fourth-order valence-corrected chi connectivity index (χ4v) is 12.4. The van der Waals surface area contributed by atoms with Crippen LogP contribution in [0.5, 0.6) is 11.5 Å². The van der Waals surface area contributed by atoms with E-state index in [4.69, 9.17) is 19.2 Å². The third-order valence-corrected chi connectivity index (χ3v) is 16.8. The average molecular weight is 964 g/mol. The summed E-state index contributed by atoms with van der Waals surface area (Å²) < 4.78 is 17.3. The van der Waals surface area contributed by atoms with E-state index in [1.807, 2.05) is 6.92 Å². The molecule has 2 saturated carbocycles. The number of anilines is 5. The van der Waals surface area contributed by atoms with Crippen LogP contribution < -0.4 is 40.1 Å². The Morgan fingerprint density at radius 1 is 0.914 bits per heavy atom. The summed E-state index contributed by atoms with van der Waals surface area (Å²) in [5.74, 6) is 2.58. The second kappa shape index (κ2) is 21.4. The lowest BCUT2D eigenvalue weighted by Gasteiger charge is -2.50. The van der Waals surface area contributed by atoms with Gasteiger partial charge < -0.3 is 54.9 Å². The molecule has 5 fully saturated rings. The zero-order valence-corrected chi connectivity index (χ0v) is 41.6. The maximum Gasteiger partial charge on any atom is 0.251 e. The highest BCUT2D eigenvalue weighted by atomic mass is 16.5. The number of methoxy groups -OCH3 is 2. The summed E-state index contributed by atoms with van der Waals surface area (Å²) in [5, 5.41) is 19.7. The maximum absolute atomic E-state index is 14.0. The fraction of sp³-hybridized carbons (Fsp3) is 0.623. The Morgan fingerprint density at radius 2 is 1.66 bits per heavy atom. The number of hydrogen-bond donors (Lipinski definition) is 4. The van der Waals surface area contributed by atoms with Gasteiger partial charge in [0.1, 0.15) is 30.0 Å².